The van der Waals surface area contributed by atoms with Gasteiger partial charge in [0.25, 0.3) is 0 Å². The number of esters is 1. The highest BCUT2D eigenvalue weighted by Crippen LogP contribution is 2.07. The van der Waals surface area contributed by atoms with E-state index < -0.39 is 11.6 Å². The Balaban J connectivity index is 4.16. The number of carbonyl (C=O) groups excluding carboxylic acids is 2. The largest absolute Gasteiger partial charge is 0.459 e. The van der Waals surface area contributed by atoms with E-state index in [1.54, 1.807) is 33.9 Å². The zero-order valence-corrected chi connectivity index (χ0v) is 12.2. The molecule has 0 spiro atoms. The molecule has 0 aromatic heterocycles. The first-order valence-electron chi connectivity index (χ1n) is 5.90. The molecule has 0 aliphatic rings. The van der Waals surface area contributed by atoms with Crippen molar-refractivity contribution in [3.8, 4) is 0 Å². The standard InChI is InChI=1S/C13H24N2O3/c1-13(2,3)18-12(17)10-15(6)11(16)8-7-9-14(4)5/h7-8H,9-10H2,1-6H3/b8-7+. The molecule has 0 fully saturated rings. The first-order chi connectivity index (χ1) is 8.11. The van der Waals surface area contributed by atoms with Crippen molar-refractivity contribution >= 4 is 11.9 Å². The number of nitrogens with zero attached hydrogens (tertiary/aromatic N) is 2. The highest BCUT2D eigenvalue weighted by Gasteiger charge is 2.18. The highest BCUT2D eigenvalue weighted by molar-refractivity contribution is 5.90. The molecule has 0 aliphatic carbocycles. The minimum atomic E-state index is -0.526. The summed E-state index contributed by atoms with van der Waals surface area (Å²) in [6, 6.07) is 0. The van der Waals surface area contributed by atoms with Crippen LogP contribution in [0.5, 0.6) is 0 Å². The van der Waals surface area contributed by atoms with Crippen LogP contribution in [0.2, 0.25) is 0 Å². The van der Waals surface area contributed by atoms with Gasteiger partial charge < -0.3 is 14.5 Å². The Bertz CT molecular complexity index is 317. The van der Waals surface area contributed by atoms with Crippen molar-refractivity contribution in [1.82, 2.24) is 9.80 Å². The van der Waals surface area contributed by atoms with Crippen LogP contribution in [-0.2, 0) is 14.3 Å². The molecular formula is C13H24N2O3. The molecule has 104 valence electrons. The number of likely N-dealkylation sites (N-methyl/N-ethyl adjacent to an activating group) is 2. The highest BCUT2D eigenvalue weighted by atomic mass is 16.6. The summed E-state index contributed by atoms with van der Waals surface area (Å²) in [5.41, 5.74) is -0.526. The second-order valence-corrected chi connectivity index (χ2v) is 5.45. The van der Waals surface area contributed by atoms with Crippen LogP contribution in [0.25, 0.3) is 0 Å². The van der Waals surface area contributed by atoms with Gasteiger partial charge in [0.15, 0.2) is 0 Å². The Morgan fingerprint density at radius 2 is 1.72 bits per heavy atom. The number of amides is 1. The summed E-state index contributed by atoms with van der Waals surface area (Å²) in [6.45, 7) is 6.03. The summed E-state index contributed by atoms with van der Waals surface area (Å²) < 4.78 is 5.14. The number of hydrogen-bond acceptors (Lipinski definition) is 4. The molecular weight excluding hydrogens is 232 g/mol. The molecule has 0 aromatic carbocycles. The molecule has 1 amide bonds. The van der Waals surface area contributed by atoms with Crippen molar-refractivity contribution in [3.63, 3.8) is 0 Å². The molecule has 0 atom stereocenters. The minimum Gasteiger partial charge on any atom is -0.459 e. The number of carbonyl (C=O) groups is 2. The van der Waals surface area contributed by atoms with Crippen LogP contribution in [0.3, 0.4) is 0 Å². The van der Waals surface area contributed by atoms with Gasteiger partial charge in [-0.2, -0.15) is 0 Å². The zero-order chi connectivity index (χ0) is 14.3. The second kappa shape index (κ2) is 7.16. The Labute approximate surface area is 109 Å². The molecule has 0 aromatic rings. The summed E-state index contributed by atoms with van der Waals surface area (Å²) in [4.78, 5) is 26.4. The molecule has 18 heavy (non-hydrogen) atoms. The summed E-state index contributed by atoms with van der Waals surface area (Å²) >= 11 is 0. The van der Waals surface area contributed by atoms with Gasteiger partial charge in [-0.25, -0.2) is 0 Å². The first kappa shape index (κ1) is 16.6. The SMILES string of the molecule is CN(C)C/C=C/C(=O)N(C)CC(=O)OC(C)(C)C. The van der Waals surface area contributed by atoms with Crippen molar-refractivity contribution in [2.45, 2.75) is 26.4 Å². The average Bonchev–Trinajstić information content (AvgIpc) is 2.13. The maximum absolute atomic E-state index is 11.6. The summed E-state index contributed by atoms with van der Waals surface area (Å²) in [5, 5.41) is 0. The Kier molecular flexibility index (Phi) is 6.62. The molecule has 0 aliphatic heterocycles. The van der Waals surface area contributed by atoms with Crippen molar-refractivity contribution in [2.24, 2.45) is 0 Å². The van der Waals surface area contributed by atoms with Gasteiger partial charge in [0, 0.05) is 19.7 Å². The lowest BCUT2D eigenvalue weighted by Crippen LogP contribution is -2.35. The van der Waals surface area contributed by atoms with E-state index in [-0.39, 0.29) is 12.5 Å². The van der Waals surface area contributed by atoms with Crippen LogP contribution in [0, 0.1) is 0 Å². The van der Waals surface area contributed by atoms with Gasteiger partial charge in [0.2, 0.25) is 5.91 Å². The minimum absolute atomic E-state index is 0.0393. The van der Waals surface area contributed by atoms with E-state index in [1.807, 2.05) is 19.0 Å². The van der Waals surface area contributed by atoms with E-state index in [1.165, 1.54) is 11.0 Å². The molecule has 0 saturated heterocycles. The number of rotatable bonds is 5. The molecule has 5 nitrogen and oxygen atoms in total. The van der Waals surface area contributed by atoms with Crippen molar-refractivity contribution < 1.29 is 14.3 Å². The third-order valence-electron chi connectivity index (χ3n) is 1.89. The lowest BCUT2D eigenvalue weighted by Gasteiger charge is -2.22. The molecule has 0 bridgehead atoms. The number of ether oxygens (including phenoxy) is 1. The molecule has 5 heteroatoms. The molecule has 0 radical (unpaired) electrons. The van der Waals surface area contributed by atoms with Crippen molar-refractivity contribution in [1.29, 1.82) is 0 Å². The van der Waals surface area contributed by atoms with E-state index in [0.717, 1.165) is 0 Å². The number of hydrogen-bond donors (Lipinski definition) is 0. The smallest absolute Gasteiger partial charge is 0.326 e. The van der Waals surface area contributed by atoms with Crippen molar-refractivity contribution in [3.05, 3.63) is 12.2 Å². The van der Waals surface area contributed by atoms with E-state index in [4.69, 9.17) is 4.74 Å². The van der Waals surface area contributed by atoms with Crippen molar-refractivity contribution in [2.75, 3.05) is 34.2 Å². The molecule has 0 saturated carbocycles. The summed E-state index contributed by atoms with van der Waals surface area (Å²) in [7, 11) is 5.41. The zero-order valence-electron chi connectivity index (χ0n) is 12.2. The van der Waals surface area contributed by atoms with E-state index in [0.29, 0.717) is 6.54 Å². The third kappa shape index (κ3) is 8.75. The van der Waals surface area contributed by atoms with Gasteiger partial charge in [-0.3, -0.25) is 9.59 Å². The molecule has 0 unspecified atom stereocenters. The first-order valence-corrected chi connectivity index (χ1v) is 5.90. The van der Waals surface area contributed by atoms with Gasteiger partial charge >= 0.3 is 5.97 Å². The molecule has 0 N–H and O–H groups in total. The Morgan fingerprint density at radius 3 is 2.17 bits per heavy atom. The maximum Gasteiger partial charge on any atom is 0.326 e. The topological polar surface area (TPSA) is 49.9 Å². The quantitative estimate of drug-likeness (QED) is 0.542. The van der Waals surface area contributed by atoms with Gasteiger partial charge in [-0.1, -0.05) is 6.08 Å². The predicted molar refractivity (Wildman–Crippen MR) is 71.2 cm³/mol. The van der Waals surface area contributed by atoms with Crippen LogP contribution in [0.4, 0.5) is 0 Å². The van der Waals surface area contributed by atoms with Crippen LogP contribution >= 0.6 is 0 Å². The Morgan fingerprint density at radius 1 is 1.17 bits per heavy atom. The Hall–Kier alpha value is -1.36. The van der Waals surface area contributed by atoms with Gasteiger partial charge in [0.1, 0.15) is 12.1 Å². The second-order valence-electron chi connectivity index (χ2n) is 5.45. The third-order valence-corrected chi connectivity index (χ3v) is 1.89. The summed E-state index contributed by atoms with van der Waals surface area (Å²) in [5.74, 6) is -0.609. The van der Waals surface area contributed by atoms with E-state index in [9.17, 15) is 9.59 Å². The van der Waals surface area contributed by atoms with Crippen LogP contribution < -0.4 is 0 Å². The predicted octanol–water partition coefficient (Wildman–Crippen LogP) is 0.904. The van der Waals surface area contributed by atoms with E-state index in [2.05, 4.69) is 0 Å². The average molecular weight is 256 g/mol. The van der Waals surface area contributed by atoms with Gasteiger partial charge in [-0.05, 0) is 34.9 Å². The monoisotopic (exact) mass is 256 g/mol. The molecule has 0 heterocycles. The van der Waals surface area contributed by atoms with Gasteiger partial charge in [-0.15, -0.1) is 0 Å². The normalized spacial score (nSPS) is 11.9. The lowest BCUT2D eigenvalue weighted by molar-refractivity contribution is -0.157. The van der Waals surface area contributed by atoms with Gasteiger partial charge in [0.05, 0.1) is 0 Å². The fourth-order valence-corrected chi connectivity index (χ4v) is 1.14. The fraction of sp³-hybridized carbons (Fsp3) is 0.692. The van der Waals surface area contributed by atoms with Crippen LogP contribution in [-0.4, -0.2) is 61.5 Å². The maximum atomic E-state index is 11.6. The molecule has 0 rings (SSSR count). The summed E-state index contributed by atoms with van der Waals surface area (Å²) in [6.07, 6.45) is 3.22. The lowest BCUT2D eigenvalue weighted by atomic mass is 10.2. The fourth-order valence-electron chi connectivity index (χ4n) is 1.14. The van der Waals surface area contributed by atoms with Crippen LogP contribution in [0.1, 0.15) is 20.8 Å². The van der Waals surface area contributed by atoms with Crippen LogP contribution in [0.15, 0.2) is 12.2 Å². The van der Waals surface area contributed by atoms with E-state index >= 15 is 0 Å².